The first-order valence-electron chi connectivity index (χ1n) is 4.06. The first-order valence-corrected chi connectivity index (χ1v) is 5.31. The van der Waals surface area contributed by atoms with Crippen molar-refractivity contribution in [1.29, 1.82) is 0 Å². The van der Waals surface area contributed by atoms with Crippen molar-refractivity contribution in [3.05, 3.63) is 0 Å². The molecule has 0 aromatic heterocycles. The molecule has 1 nitrogen and oxygen atoms in total. The normalized spacial score (nSPS) is 33.0. The zero-order valence-electron chi connectivity index (χ0n) is 6.48. The van der Waals surface area contributed by atoms with Gasteiger partial charge in [-0.2, -0.15) is 0 Å². The molecule has 1 rings (SSSR count). The van der Waals surface area contributed by atoms with Crippen LogP contribution in [0.2, 0.25) is 0 Å². The molecule has 0 saturated heterocycles. The third kappa shape index (κ3) is 2.38. The highest BCUT2D eigenvalue weighted by molar-refractivity contribution is 14.1. The quantitative estimate of drug-likeness (QED) is 0.555. The van der Waals surface area contributed by atoms with Gasteiger partial charge in [0.05, 0.1) is 6.61 Å². The summed E-state index contributed by atoms with van der Waals surface area (Å²) in [6.45, 7) is 3.93. The second kappa shape index (κ2) is 4.54. The minimum Gasteiger partial charge on any atom is -0.381 e. The smallest absolute Gasteiger partial charge is 0.0504 e. The Labute approximate surface area is 76.7 Å². The molecule has 1 aliphatic rings. The highest BCUT2D eigenvalue weighted by Crippen LogP contribution is 2.31. The fraction of sp³-hybridized carbons (Fsp3) is 1.00. The first kappa shape index (κ1) is 8.78. The highest BCUT2D eigenvalue weighted by Gasteiger charge is 2.24. The van der Waals surface area contributed by atoms with Gasteiger partial charge in [0.1, 0.15) is 0 Å². The summed E-state index contributed by atoms with van der Waals surface area (Å²) in [5.74, 6) is 0.848. The second-order valence-electron chi connectivity index (χ2n) is 2.87. The van der Waals surface area contributed by atoms with Gasteiger partial charge < -0.3 is 4.74 Å². The predicted octanol–water partition coefficient (Wildman–Crippen LogP) is 2.63. The van der Waals surface area contributed by atoms with Crippen molar-refractivity contribution >= 4 is 22.6 Å². The van der Waals surface area contributed by atoms with Gasteiger partial charge in [0.2, 0.25) is 0 Å². The van der Waals surface area contributed by atoms with E-state index in [1.165, 1.54) is 19.3 Å². The van der Waals surface area contributed by atoms with E-state index in [0.29, 0.717) is 0 Å². The summed E-state index contributed by atoms with van der Waals surface area (Å²) in [5, 5.41) is 0. The topological polar surface area (TPSA) is 9.23 Å². The number of alkyl halides is 1. The second-order valence-corrected chi connectivity index (χ2v) is 4.47. The lowest BCUT2D eigenvalue weighted by Crippen LogP contribution is -2.13. The first-order chi connectivity index (χ1) is 4.84. The van der Waals surface area contributed by atoms with Crippen LogP contribution >= 0.6 is 22.6 Å². The number of rotatable bonds is 3. The number of ether oxygens (including phenoxy) is 1. The van der Waals surface area contributed by atoms with Gasteiger partial charge in [-0.25, -0.2) is 0 Å². The van der Waals surface area contributed by atoms with Crippen LogP contribution in [0.5, 0.6) is 0 Å². The molecule has 1 saturated carbocycles. The van der Waals surface area contributed by atoms with Crippen molar-refractivity contribution in [3.8, 4) is 0 Å². The molecule has 0 N–H and O–H groups in total. The molecule has 0 unspecified atom stereocenters. The van der Waals surface area contributed by atoms with Gasteiger partial charge in [0, 0.05) is 10.5 Å². The Morgan fingerprint density at radius 2 is 2.30 bits per heavy atom. The van der Waals surface area contributed by atoms with E-state index in [2.05, 4.69) is 29.5 Å². The number of hydrogen-bond acceptors (Lipinski definition) is 1. The lowest BCUT2D eigenvalue weighted by Gasteiger charge is -2.12. The minimum absolute atomic E-state index is 0.848. The molecule has 0 aliphatic heterocycles. The van der Waals surface area contributed by atoms with Crippen molar-refractivity contribution in [3.63, 3.8) is 0 Å². The van der Waals surface area contributed by atoms with Crippen molar-refractivity contribution < 1.29 is 4.74 Å². The monoisotopic (exact) mass is 254 g/mol. The maximum atomic E-state index is 5.38. The third-order valence-electron chi connectivity index (χ3n) is 2.10. The summed E-state index contributed by atoms with van der Waals surface area (Å²) in [6, 6.07) is 0. The molecule has 0 amide bonds. The molecule has 1 aliphatic carbocycles. The van der Waals surface area contributed by atoms with Crippen LogP contribution in [0.4, 0.5) is 0 Å². The Bertz CT molecular complexity index is 95.3. The molecular formula is C8H15IO. The fourth-order valence-corrected chi connectivity index (χ4v) is 2.46. The maximum Gasteiger partial charge on any atom is 0.0504 e. The summed E-state index contributed by atoms with van der Waals surface area (Å²) in [5.41, 5.74) is 0. The molecule has 0 bridgehead atoms. The summed E-state index contributed by atoms with van der Waals surface area (Å²) in [6.07, 6.45) is 4.19. The Balaban J connectivity index is 2.14. The predicted molar refractivity (Wildman–Crippen MR) is 51.6 cm³/mol. The summed E-state index contributed by atoms with van der Waals surface area (Å²) in [4.78, 5) is 0. The van der Waals surface area contributed by atoms with Gasteiger partial charge in [0.25, 0.3) is 0 Å². The van der Waals surface area contributed by atoms with E-state index in [1.54, 1.807) is 0 Å². The molecule has 1 fully saturated rings. The number of hydrogen-bond donors (Lipinski definition) is 0. The van der Waals surface area contributed by atoms with Gasteiger partial charge in [-0.3, -0.25) is 0 Å². The molecule has 10 heavy (non-hydrogen) atoms. The van der Waals surface area contributed by atoms with Crippen molar-refractivity contribution in [1.82, 2.24) is 0 Å². The molecule has 60 valence electrons. The largest absolute Gasteiger partial charge is 0.381 e. The molecule has 2 heteroatoms. The van der Waals surface area contributed by atoms with Gasteiger partial charge in [-0.05, 0) is 25.7 Å². The van der Waals surface area contributed by atoms with Crippen molar-refractivity contribution in [2.75, 3.05) is 13.2 Å². The molecule has 0 spiro atoms. The summed E-state index contributed by atoms with van der Waals surface area (Å²) in [7, 11) is 0. The van der Waals surface area contributed by atoms with E-state index in [9.17, 15) is 0 Å². The van der Waals surface area contributed by atoms with Crippen molar-refractivity contribution in [2.24, 2.45) is 5.92 Å². The molecular weight excluding hydrogens is 239 g/mol. The van der Waals surface area contributed by atoms with Gasteiger partial charge in [-0.15, -0.1) is 0 Å². The zero-order chi connectivity index (χ0) is 7.40. The minimum atomic E-state index is 0.848. The zero-order valence-corrected chi connectivity index (χ0v) is 8.63. The van der Waals surface area contributed by atoms with Gasteiger partial charge in [-0.1, -0.05) is 29.0 Å². The van der Waals surface area contributed by atoms with Gasteiger partial charge in [0.15, 0.2) is 0 Å². The SMILES string of the molecule is CCOC[C@H]1CCC[C@@H]1I. The van der Waals surface area contributed by atoms with Crippen LogP contribution in [0.15, 0.2) is 0 Å². The Morgan fingerprint density at radius 3 is 2.80 bits per heavy atom. The van der Waals surface area contributed by atoms with Crippen LogP contribution in [-0.2, 0) is 4.74 Å². The Hall–Kier alpha value is 0.690. The maximum absolute atomic E-state index is 5.38. The molecule has 0 aromatic rings. The van der Waals surface area contributed by atoms with Crippen LogP contribution in [0.3, 0.4) is 0 Å². The van der Waals surface area contributed by atoms with E-state index in [-0.39, 0.29) is 0 Å². The molecule has 0 heterocycles. The molecule has 0 aromatic carbocycles. The Kier molecular flexibility index (Phi) is 3.99. The van der Waals surface area contributed by atoms with Crippen LogP contribution in [-0.4, -0.2) is 17.1 Å². The Morgan fingerprint density at radius 1 is 1.50 bits per heavy atom. The molecule has 0 radical (unpaired) electrons. The van der Waals surface area contributed by atoms with E-state index < -0.39 is 0 Å². The average molecular weight is 254 g/mol. The van der Waals surface area contributed by atoms with Crippen LogP contribution < -0.4 is 0 Å². The standard InChI is InChI=1S/C8H15IO/c1-2-10-6-7-4-3-5-8(7)9/h7-8H,2-6H2,1H3/t7-,8+/m1/s1. The number of halogens is 1. The summed E-state index contributed by atoms with van der Waals surface area (Å²) < 4.78 is 6.26. The lowest BCUT2D eigenvalue weighted by atomic mass is 10.1. The summed E-state index contributed by atoms with van der Waals surface area (Å²) >= 11 is 2.55. The van der Waals surface area contributed by atoms with Crippen LogP contribution in [0.25, 0.3) is 0 Å². The molecule has 2 atom stereocenters. The highest BCUT2D eigenvalue weighted by atomic mass is 127. The van der Waals surface area contributed by atoms with Crippen LogP contribution in [0, 0.1) is 5.92 Å². The van der Waals surface area contributed by atoms with E-state index >= 15 is 0 Å². The fourth-order valence-electron chi connectivity index (χ4n) is 1.45. The van der Waals surface area contributed by atoms with E-state index in [0.717, 1.165) is 23.1 Å². The lowest BCUT2D eigenvalue weighted by molar-refractivity contribution is 0.115. The van der Waals surface area contributed by atoms with Gasteiger partial charge >= 0.3 is 0 Å². The van der Waals surface area contributed by atoms with Crippen molar-refractivity contribution in [2.45, 2.75) is 30.1 Å². The van der Waals surface area contributed by atoms with E-state index in [1.807, 2.05) is 0 Å². The third-order valence-corrected chi connectivity index (χ3v) is 3.74. The van der Waals surface area contributed by atoms with E-state index in [4.69, 9.17) is 4.74 Å². The van der Waals surface area contributed by atoms with Crippen LogP contribution in [0.1, 0.15) is 26.2 Å². The average Bonchev–Trinajstić information content (AvgIpc) is 2.31.